The van der Waals surface area contributed by atoms with Crippen molar-refractivity contribution in [3.63, 3.8) is 0 Å². The SMILES string of the molecule is CCn1c(C(=O)NCCN)ccc1C(CC)(CC)c1ccc(OCC(O)C(C)(C)C)c(C)c1. The lowest BCUT2D eigenvalue weighted by atomic mass is 9.72. The molecular weight excluding hydrogens is 414 g/mol. The molecule has 1 heterocycles. The Labute approximate surface area is 199 Å². The number of aryl methyl sites for hydroxylation is 1. The molecule has 1 atom stereocenters. The third kappa shape index (κ3) is 5.79. The van der Waals surface area contributed by atoms with Gasteiger partial charge in [0.25, 0.3) is 5.91 Å². The lowest BCUT2D eigenvalue weighted by Gasteiger charge is -2.35. The fraction of sp³-hybridized carbons (Fsp3) is 0.593. The Bertz CT molecular complexity index is 923. The van der Waals surface area contributed by atoms with Gasteiger partial charge >= 0.3 is 0 Å². The first-order chi connectivity index (χ1) is 15.5. The second-order valence-electron chi connectivity index (χ2n) is 9.85. The van der Waals surface area contributed by atoms with E-state index in [1.807, 2.05) is 39.8 Å². The maximum atomic E-state index is 12.7. The summed E-state index contributed by atoms with van der Waals surface area (Å²) < 4.78 is 8.09. The van der Waals surface area contributed by atoms with Crippen LogP contribution in [0.1, 0.15) is 81.7 Å². The molecule has 6 heteroatoms. The lowest BCUT2D eigenvalue weighted by molar-refractivity contribution is 0.0216. The largest absolute Gasteiger partial charge is 0.491 e. The van der Waals surface area contributed by atoms with Crippen molar-refractivity contribution >= 4 is 5.91 Å². The Morgan fingerprint density at radius 3 is 2.33 bits per heavy atom. The van der Waals surface area contributed by atoms with E-state index in [2.05, 4.69) is 48.9 Å². The zero-order chi connectivity index (χ0) is 24.8. The number of aliphatic hydroxyl groups is 1. The van der Waals surface area contributed by atoms with E-state index in [4.69, 9.17) is 10.5 Å². The van der Waals surface area contributed by atoms with Gasteiger partial charge in [0.2, 0.25) is 0 Å². The molecule has 0 fully saturated rings. The van der Waals surface area contributed by atoms with Crippen LogP contribution in [0.15, 0.2) is 30.3 Å². The normalized spacial score (nSPS) is 13.1. The smallest absolute Gasteiger partial charge is 0.267 e. The topological polar surface area (TPSA) is 89.5 Å². The number of benzene rings is 1. The summed E-state index contributed by atoms with van der Waals surface area (Å²) in [6.45, 7) is 16.4. The van der Waals surface area contributed by atoms with Crippen LogP contribution >= 0.6 is 0 Å². The number of amides is 1. The predicted molar refractivity (Wildman–Crippen MR) is 135 cm³/mol. The molecule has 0 aliphatic carbocycles. The number of nitrogens with two attached hydrogens (primary N) is 1. The monoisotopic (exact) mass is 457 g/mol. The number of carbonyl (C=O) groups excluding carboxylic acids is 1. The van der Waals surface area contributed by atoms with Crippen LogP contribution in [0.3, 0.4) is 0 Å². The predicted octanol–water partition coefficient (Wildman–Crippen LogP) is 4.40. The Hall–Kier alpha value is -2.31. The van der Waals surface area contributed by atoms with E-state index < -0.39 is 6.10 Å². The summed E-state index contributed by atoms with van der Waals surface area (Å²) in [6, 6.07) is 10.3. The van der Waals surface area contributed by atoms with Gasteiger partial charge in [0.05, 0.1) is 6.10 Å². The molecule has 0 saturated heterocycles. The molecular formula is C27H43N3O3. The Morgan fingerprint density at radius 2 is 1.82 bits per heavy atom. The number of aliphatic hydroxyl groups excluding tert-OH is 1. The van der Waals surface area contributed by atoms with E-state index in [0.29, 0.717) is 25.3 Å². The molecule has 0 radical (unpaired) electrons. The number of ether oxygens (including phenoxy) is 1. The molecule has 1 unspecified atom stereocenters. The van der Waals surface area contributed by atoms with Crippen molar-refractivity contribution in [2.45, 2.75) is 79.4 Å². The highest BCUT2D eigenvalue weighted by molar-refractivity contribution is 5.93. The van der Waals surface area contributed by atoms with E-state index in [0.717, 1.165) is 29.8 Å². The van der Waals surface area contributed by atoms with Crippen molar-refractivity contribution in [1.29, 1.82) is 0 Å². The fourth-order valence-corrected chi connectivity index (χ4v) is 4.40. The van der Waals surface area contributed by atoms with Gasteiger partial charge < -0.3 is 25.5 Å². The molecule has 4 N–H and O–H groups in total. The minimum absolute atomic E-state index is 0.0907. The van der Waals surface area contributed by atoms with E-state index >= 15 is 0 Å². The van der Waals surface area contributed by atoms with Crippen LogP contribution in [0.5, 0.6) is 5.75 Å². The number of carbonyl (C=O) groups is 1. The fourth-order valence-electron chi connectivity index (χ4n) is 4.40. The molecule has 33 heavy (non-hydrogen) atoms. The van der Waals surface area contributed by atoms with Crippen LogP contribution in [0, 0.1) is 12.3 Å². The summed E-state index contributed by atoms with van der Waals surface area (Å²) in [7, 11) is 0. The van der Waals surface area contributed by atoms with Crippen LogP contribution < -0.4 is 15.8 Å². The minimum Gasteiger partial charge on any atom is -0.491 e. The van der Waals surface area contributed by atoms with Gasteiger partial charge in [0.1, 0.15) is 18.1 Å². The zero-order valence-electron chi connectivity index (χ0n) is 21.5. The third-order valence-electron chi connectivity index (χ3n) is 6.78. The van der Waals surface area contributed by atoms with Gasteiger partial charge in [0, 0.05) is 30.7 Å². The highest BCUT2D eigenvalue weighted by Crippen LogP contribution is 2.41. The van der Waals surface area contributed by atoms with Crippen molar-refractivity contribution in [2.75, 3.05) is 19.7 Å². The summed E-state index contributed by atoms with van der Waals surface area (Å²) in [6.07, 6.45) is 1.26. The first-order valence-corrected chi connectivity index (χ1v) is 12.2. The lowest BCUT2D eigenvalue weighted by Crippen LogP contribution is -2.33. The molecule has 0 spiro atoms. The number of nitrogens with one attached hydrogen (secondary N) is 1. The van der Waals surface area contributed by atoms with E-state index in [1.54, 1.807) is 0 Å². The van der Waals surface area contributed by atoms with Gasteiger partial charge in [-0.25, -0.2) is 0 Å². The average molecular weight is 458 g/mol. The zero-order valence-corrected chi connectivity index (χ0v) is 21.5. The molecule has 0 aliphatic heterocycles. The molecule has 184 valence electrons. The van der Waals surface area contributed by atoms with Crippen LogP contribution in [0.4, 0.5) is 0 Å². The molecule has 1 amide bonds. The number of rotatable bonds is 11. The average Bonchev–Trinajstić information content (AvgIpc) is 3.22. The minimum atomic E-state index is -0.543. The van der Waals surface area contributed by atoms with Gasteiger partial charge in [-0.1, -0.05) is 46.8 Å². The molecule has 1 aromatic carbocycles. The van der Waals surface area contributed by atoms with Crippen LogP contribution in [-0.4, -0.2) is 41.4 Å². The van der Waals surface area contributed by atoms with E-state index in [1.165, 1.54) is 5.56 Å². The van der Waals surface area contributed by atoms with Crippen LogP contribution in [0.2, 0.25) is 0 Å². The molecule has 2 aromatic rings. The summed E-state index contributed by atoms with van der Waals surface area (Å²) in [5.41, 5.74) is 9.16. The number of hydrogen-bond donors (Lipinski definition) is 3. The number of aromatic nitrogens is 1. The maximum Gasteiger partial charge on any atom is 0.267 e. The van der Waals surface area contributed by atoms with Crippen molar-refractivity contribution < 1.29 is 14.6 Å². The van der Waals surface area contributed by atoms with Gasteiger partial charge in [-0.15, -0.1) is 0 Å². The summed E-state index contributed by atoms with van der Waals surface area (Å²) >= 11 is 0. The van der Waals surface area contributed by atoms with Gasteiger partial charge in [0.15, 0.2) is 0 Å². The summed E-state index contributed by atoms with van der Waals surface area (Å²) in [4.78, 5) is 12.7. The number of nitrogens with zero attached hydrogens (tertiary/aromatic N) is 1. The first-order valence-electron chi connectivity index (χ1n) is 12.2. The molecule has 0 saturated carbocycles. The second kappa shape index (κ2) is 11.2. The summed E-state index contributed by atoms with van der Waals surface area (Å²) in [5.74, 6) is 0.697. The molecule has 0 bridgehead atoms. The Balaban J connectivity index is 2.42. The standard InChI is InChI=1S/C27H43N3O3/c1-8-27(9-2,23-14-12-21(30(23)10-3)25(32)29-16-15-28)20-11-13-22(19(4)17-20)33-18-24(31)26(5,6)7/h11-14,17,24,31H,8-10,15-16,18,28H2,1-7H3,(H,29,32). The summed E-state index contributed by atoms with van der Waals surface area (Å²) in [5, 5.41) is 13.2. The maximum absolute atomic E-state index is 12.7. The Morgan fingerprint density at radius 1 is 1.15 bits per heavy atom. The van der Waals surface area contributed by atoms with E-state index in [-0.39, 0.29) is 23.3 Å². The molecule has 1 aromatic heterocycles. The molecule has 0 aliphatic rings. The van der Waals surface area contributed by atoms with Gasteiger partial charge in [-0.2, -0.15) is 0 Å². The highest BCUT2D eigenvalue weighted by Gasteiger charge is 2.35. The van der Waals surface area contributed by atoms with Crippen molar-refractivity contribution in [3.05, 3.63) is 52.8 Å². The van der Waals surface area contributed by atoms with E-state index in [9.17, 15) is 9.90 Å². The van der Waals surface area contributed by atoms with Crippen molar-refractivity contribution in [1.82, 2.24) is 9.88 Å². The van der Waals surface area contributed by atoms with Gasteiger partial charge in [-0.05, 0) is 61.4 Å². The number of hydrogen-bond acceptors (Lipinski definition) is 4. The Kier molecular flexibility index (Phi) is 9.15. The van der Waals surface area contributed by atoms with Crippen molar-refractivity contribution in [2.24, 2.45) is 11.1 Å². The van der Waals surface area contributed by atoms with Gasteiger partial charge in [-0.3, -0.25) is 4.79 Å². The molecule has 6 nitrogen and oxygen atoms in total. The first kappa shape index (κ1) is 26.9. The quantitative estimate of drug-likeness (QED) is 0.467. The third-order valence-corrected chi connectivity index (χ3v) is 6.78. The van der Waals surface area contributed by atoms with Crippen LogP contribution in [0.25, 0.3) is 0 Å². The van der Waals surface area contributed by atoms with Crippen molar-refractivity contribution in [3.8, 4) is 5.75 Å². The highest BCUT2D eigenvalue weighted by atomic mass is 16.5. The molecule has 2 rings (SSSR count). The van der Waals surface area contributed by atoms with Crippen LogP contribution in [-0.2, 0) is 12.0 Å². The second-order valence-corrected chi connectivity index (χ2v) is 9.85.